The standard InChI is InChI=1S/C8H12N6O3/c1-2-9-13-4(15)3-14-6-5(11-8(14)17)10-7(16)12-6/h2,5-6H,3H2,1H3,(H,11,17)(H,13,15)(H2,10,12,16). The summed E-state index contributed by atoms with van der Waals surface area (Å²) in [6.45, 7) is 1.48. The number of hydrogen-bond donors (Lipinski definition) is 4. The number of urea groups is 2. The third-order valence-corrected chi connectivity index (χ3v) is 2.39. The van der Waals surface area contributed by atoms with E-state index in [0.29, 0.717) is 0 Å². The molecule has 2 rings (SSSR count). The molecule has 4 N–H and O–H groups in total. The average molecular weight is 240 g/mol. The van der Waals surface area contributed by atoms with Crippen molar-refractivity contribution in [3.63, 3.8) is 0 Å². The van der Waals surface area contributed by atoms with Gasteiger partial charge in [-0.2, -0.15) is 5.10 Å². The van der Waals surface area contributed by atoms with Crippen LogP contribution in [-0.2, 0) is 4.79 Å². The molecular weight excluding hydrogens is 228 g/mol. The van der Waals surface area contributed by atoms with E-state index < -0.39 is 24.3 Å². The fourth-order valence-corrected chi connectivity index (χ4v) is 1.69. The first kappa shape index (κ1) is 11.2. The lowest BCUT2D eigenvalue weighted by molar-refractivity contribution is -0.121. The molecule has 0 spiro atoms. The topological polar surface area (TPSA) is 115 Å². The Labute approximate surface area is 96.6 Å². The first-order chi connectivity index (χ1) is 8.11. The molecule has 0 aromatic carbocycles. The van der Waals surface area contributed by atoms with Gasteiger partial charge in [0.2, 0.25) is 0 Å². The highest BCUT2D eigenvalue weighted by molar-refractivity contribution is 5.88. The van der Waals surface area contributed by atoms with Crippen molar-refractivity contribution in [1.29, 1.82) is 0 Å². The van der Waals surface area contributed by atoms with Crippen molar-refractivity contribution in [3.05, 3.63) is 0 Å². The van der Waals surface area contributed by atoms with E-state index in [1.165, 1.54) is 11.1 Å². The summed E-state index contributed by atoms with van der Waals surface area (Å²) in [7, 11) is 0. The molecule has 2 heterocycles. The quantitative estimate of drug-likeness (QED) is 0.341. The van der Waals surface area contributed by atoms with Gasteiger partial charge in [0.05, 0.1) is 0 Å². The zero-order valence-electron chi connectivity index (χ0n) is 9.06. The van der Waals surface area contributed by atoms with Gasteiger partial charge >= 0.3 is 12.1 Å². The number of nitrogens with zero attached hydrogens (tertiary/aromatic N) is 2. The van der Waals surface area contributed by atoms with Crippen LogP contribution in [0, 0.1) is 0 Å². The monoisotopic (exact) mass is 240 g/mol. The Morgan fingerprint density at radius 3 is 2.94 bits per heavy atom. The van der Waals surface area contributed by atoms with Crippen LogP contribution < -0.4 is 21.4 Å². The Morgan fingerprint density at radius 1 is 1.47 bits per heavy atom. The summed E-state index contributed by atoms with van der Waals surface area (Å²) in [6.07, 6.45) is 0.368. The van der Waals surface area contributed by atoms with Gasteiger partial charge in [-0.25, -0.2) is 15.0 Å². The molecule has 0 saturated carbocycles. The Balaban J connectivity index is 1.97. The molecule has 92 valence electrons. The molecule has 0 radical (unpaired) electrons. The summed E-state index contributed by atoms with van der Waals surface area (Å²) in [5.41, 5.74) is 2.25. The summed E-state index contributed by atoms with van der Waals surface area (Å²) in [6, 6.07) is -0.792. The summed E-state index contributed by atoms with van der Waals surface area (Å²) in [4.78, 5) is 35.2. The molecular formula is C8H12N6O3. The normalized spacial score (nSPS) is 26.5. The molecule has 2 fully saturated rings. The maximum absolute atomic E-state index is 11.5. The summed E-state index contributed by atoms with van der Waals surface area (Å²) in [5.74, 6) is -0.431. The second-order valence-electron chi connectivity index (χ2n) is 3.54. The highest BCUT2D eigenvalue weighted by atomic mass is 16.2. The third kappa shape index (κ3) is 2.12. The molecule has 2 aliphatic heterocycles. The van der Waals surface area contributed by atoms with E-state index in [9.17, 15) is 14.4 Å². The Bertz CT molecular complexity index is 395. The Kier molecular flexibility index (Phi) is 2.81. The number of rotatable bonds is 3. The van der Waals surface area contributed by atoms with Crippen LogP contribution in [0.1, 0.15) is 6.92 Å². The molecule has 17 heavy (non-hydrogen) atoms. The molecule has 0 bridgehead atoms. The van der Waals surface area contributed by atoms with Gasteiger partial charge in [0.25, 0.3) is 5.91 Å². The van der Waals surface area contributed by atoms with Crippen LogP contribution in [0.5, 0.6) is 0 Å². The molecule has 2 atom stereocenters. The molecule has 0 aliphatic carbocycles. The van der Waals surface area contributed by atoms with Crippen LogP contribution in [0.15, 0.2) is 5.10 Å². The zero-order valence-corrected chi connectivity index (χ0v) is 9.06. The largest absolute Gasteiger partial charge is 0.321 e. The smallest absolute Gasteiger partial charge is 0.314 e. The van der Waals surface area contributed by atoms with Crippen molar-refractivity contribution in [2.75, 3.05) is 6.54 Å². The average Bonchev–Trinajstić information content (AvgIpc) is 2.74. The van der Waals surface area contributed by atoms with Gasteiger partial charge in [-0.05, 0) is 6.92 Å². The molecule has 2 unspecified atom stereocenters. The SMILES string of the molecule is CC=NNC(=O)CN1C(=O)NC2NC(=O)NC21. The number of fused-ring (bicyclic) bond motifs is 1. The molecule has 2 saturated heterocycles. The van der Waals surface area contributed by atoms with Crippen LogP contribution in [0.3, 0.4) is 0 Å². The van der Waals surface area contributed by atoms with Gasteiger partial charge < -0.3 is 16.0 Å². The fourth-order valence-electron chi connectivity index (χ4n) is 1.69. The van der Waals surface area contributed by atoms with Gasteiger partial charge in [0.15, 0.2) is 0 Å². The van der Waals surface area contributed by atoms with Gasteiger partial charge in [-0.15, -0.1) is 0 Å². The summed E-state index contributed by atoms with van der Waals surface area (Å²) >= 11 is 0. The number of amides is 5. The second-order valence-corrected chi connectivity index (χ2v) is 3.54. The molecule has 2 aliphatic rings. The maximum atomic E-state index is 11.5. The molecule has 0 aromatic rings. The Hall–Kier alpha value is -2.32. The van der Waals surface area contributed by atoms with E-state index in [1.807, 2.05) is 0 Å². The van der Waals surface area contributed by atoms with Crippen LogP contribution in [0.2, 0.25) is 0 Å². The second kappa shape index (κ2) is 4.28. The summed E-state index contributed by atoms with van der Waals surface area (Å²) in [5, 5.41) is 11.1. The molecule has 5 amide bonds. The molecule has 9 heteroatoms. The van der Waals surface area contributed by atoms with E-state index in [1.54, 1.807) is 6.92 Å². The lowest BCUT2D eigenvalue weighted by atomic mass is 10.4. The van der Waals surface area contributed by atoms with Crippen molar-refractivity contribution >= 4 is 24.2 Å². The lowest BCUT2D eigenvalue weighted by Crippen LogP contribution is -2.47. The lowest BCUT2D eigenvalue weighted by Gasteiger charge is -2.19. The minimum atomic E-state index is -0.550. The zero-order chi connectivity index (χ0) is 12.4. The van der Waals surface area contributed by atoms with Gasteiger partial charge in [0.1, 0.15) is 18.9 Å². The minimum absolute atomic E-state index is 0.174. The van der Waals surface area contributed by atoms with E-state index in [-0.39, 0.29) is 12.6 Å². The number of carbonyl (C=O) groups excluding carboxylic acids is 3. The van der Waals surface area contributed by atoms with Crippen molar-refractivity contribution in [1.82, 2.24) is 26.3 Å². The first-order valence-electron chi connectivity index (χ1n) is 5.02. The minimum Gasteiger partial charge on any atom is -0.314 e. The summed E-state index contributed by atoms with van der Waals surface area (Å²) < 4.78 is 0. The molecule has 0 aromatic heterocycles. The number of carbonyl (C=O) groups is 3. The maximum Gasteiger partial charge on any atom is 0.321 e. The highest BCUT2D eigenvalue weighted by Crippen LogP contribution is 2.12. The van der Waals surface area contributed by atoms with Gasteiger partial charge in [-0.1, -0.05) is 0 Å². The van der Waals surface area contributed by atoms with E-state index in [2.05, 4.69) is 26.5 Å². The predicted molar refractivity (Wildman–Crippen MR) is 56.8 cm³/mol. The third-order valence-electron chi connectivity index (χ3n) is 2.39. The van der Waals surface area contributed by atoms with Crippen molar-refractivity contribution in [2.24, 2.45) is 5.10 Å². The van der Waals surface area contributed by atoms with Crippen molar-refractivity contribution in [2.45, 2.75) is 19.3 Å². The van der Waals surface area contributed by atoms with Gasteiger partial charge in [-0.3, -0.25) is 9.69 Å². The van der Waals surface area contributed by atoms with Crippen LogP contribution in [0.25, 0.3) is 0 Å². The van der Waals surface area contributed by atoms with E-state index in [0.717, 1.165) is 0 Å². The van der Waals surface area contributed by atoms with Crippen molar-refractivity contribution < 1.29 is 14.4 Å². The van der Waals surface area contributed by atoms with Crippen LogP contribution >= 0.6 is 0 Å². The Morgan fingerprint density at radius 2 is 2.24 bits per heavy atom. The van der Waals surface area contributed by atoms with Crippen LogP contribution in [-0.4, -0.2) is 48.0 Å². The first-order valence-corrected chi connectivity index (χ1v) is 5.02. The van der Waals surface area contributed by atoms with Crippen molar-refractivity contribution in [3.8, 4) is 0 Å². The highest BCUT2D eigenvalue weighted by Gasteiger charge is 2.45. The number of nitrogens with one attached hydrogen (secondary N) is 4. The van der Waals surface area contributed by atoms with Gasteiger partial charge in [0, 0.05) is 6.21 Å². The number of hydrazone groups is 1. The van der Waals surface area contributed by atoms with E-state index in [4.69, 9.17) is 0 Å². The fraction of sp³-hybridized carbons (Fsp3) is 0.500. The molecule has 9 nitrogen and oxygen atoms in total. The number of hydrogen-bond acceptors (Lipinski definition) is 4. The van der Waals surface area contributed by atoms with Crippen LogP contribution in [0.4, 0.5) is 9.59 Å². The predicted octanol–water partition coefficient (Wildman–Crippen LogP) is -1.90. The van der Waals surface area contributed by atoms with E-state index >= 15 is 0 Å².